The molecule has 2 aromatic heterocycles. The van der Waals surface area contributed by atoms with Crippen molar-refractivity contribution < 1.29 is 0 Å². The van der Waals surface area contributed by atoms with E-state index in [0.717, 1.165) is 29.2 Å². The number of aryl methyl sites for hydroxylation is 2. The van der Waals surface area contributed by atoms with Gasteiger partial charge in [-0.15, -0.1) is 5.10 Å². The van der Waals surface area contributed by atoms with Gasteiger partial charge < -0.3 is 5.32 Å². The maximum atomic E-state index is 6.26. The van der Waals surface area contributed by atoms with Gasteiger partial charge in [-0.25, -0.2) is 0 Å². The molecule has 0 aliphatic rings. The van der Waals surface area contributed by atoms with Crippen LogP contribution in [0.1, 0.15) is 35.7 Å². The quantitative estimate of drug-likeness (QED) is 0.917. The van der Waals surface area contributed by atoms with Crippen LogP contribution in [0, 0.1) is 6.92 Å². The molecule has 2 aromatic rings. The van der Waals surface area contributed by atoms with Crippen molar-refractivity contribution in [1.82, 2.24) is 24.7 Å². The first-order chi connectivity index (χ1) is 8.69. The lowest BCUT2D eigenvalue weighted by Crippen LogP contribution is -2.22. The molecule has 98 valence electrons. The lowest BCUT2D eigenvalue weighted by molar-refractivity contribution is 0.536. The maximum absolute atomic E-state index is 6.26. The highest BCUT2D eigenvalue weighted by atomic mass is 35.5. The van der Waals surface area contributed by atoms with Crippen LogP contribution in [0.4, 0.5) is 0 Å². The molecular formula is C11H16ClN5S. The van der Waals surface area contributed by atoms with Crippen LogP contribution in [0.2, 0.25) is 5.02 Å². The normalized spacial score (nSPS) is 12.9. The molecular weight excluding hydrogens is 270 g/mol. The van der Waals surface area contributed by atoms with Gasteiger partial charge in [0.25, 0.3) is 0 Å². The van der Waals surface area contributed by atoms with E-state index in [1.165, 1.54) is 11.5 Å². The smallest absolute Gasteiger partial charge is 0.0889 e. The Kier molecular flexibility index (Phi) is 4.31. The first-order valence-corrected chi connectivity index (χ1v) is 7.01. The molecule has 2 heterocycles. The summed E-state index contributed by atoms with van der Waals surface area (Å²) in [7, 11) is 1.91. The first-order valence-electron chi connectivity index (χ1n) is 5.86. The second-order valence-electron chi connectivity index (χ2n) is 4.05. The summed E-state index contributed by atoms with van der Waals surface area (Å²) in [5.74, 6) is 0. The molecule has 5 nitrogen and oxygen atoms in total. The molecule has 0 saturated heterocycles. The third kappa shape index (κ3) is 2.41. The van der Waals surface area contributed by atoms with Gasteiger partial charge in [0.1, 0.15) is 0 Å². The Morgan fingerprint density at radius 1 is 1.56 bits per heavy atom. The summed E-state index contributed by atoms with van der Waals surface area (Å²) in [5.41, 5.74) is 1.91. The lowest BCUT2D eigenvalue weighted by Gasteiger charge is -2.17. The summed E-state index contributed by atoms with van der Waals surface area (Å²) in [6.07, 6.45) is 2.71. The predicted molar refractivity (Wildman–Crippen MR) is 73.1 cm³/mol. The van der Waals surface area contributed by atoms with Gasteiger partial charge in [-0.3, -0.25) is 4.68 Å². The van der Waals surface area contributed by atoms with Gasteiger partial charge in [0.15, 0.2) is 0 Å². The number of nitrogens with one attached hydrogen (secondary N) is 1. The second-order valence-corrected chi connectivity index (χ2v) is 5.24. The van der Waals surface area contributed by atoms with Gasteiger partial charge in [-0.2, -0.15) is 5.10 Å². The molecule has 18 heavy (non-hydrogen) atoms. The highest BCUT2D eigenvalue weighted by molar-refractivity contribution is 7.05. The topological polar surface area (TPSA) is 55.6 Å². The molecule has 2 rings (SSSR count). The molecule has 0 aliphatic heterocycles. The fourth-order valence-electron chi connectivity index (χ4n) is 1.94. The minimum absolute atomic E-state index is 0.00782. The number of nitrogens with zero attached hydrogens (tertiary/aromatic N) is 4. The largest absolute Gasteiger partial charge is 0.307 e. The van der Waals surface area contributed by atoms with Gasteiger partial charge in [0.05, 0.1) is 33.5 Å². The van der Waals surface area contributed by atoms with Crippen LogP contribution in [0.25, 0.3) is 0 Å². The molecule has 1 N–H and O–H groups in total. The van der Waals surface area contributed by atoms with E-state index in [4.69, 9.17) is 11.6 Å². The van der Waals surface area contributed by atoms with Gasteiger partial charge >= 0.3 is 0 Å². The Hall–Kier alpha value is -0.980. The van der Waals surface area contributed by atoms with Crippen LogP contribution in [-0.2, 0) is 6.54 Å². The molecule has 0 spiro atoms. The molecule has 1 unspecified atom stereocenters. The molecule has 0 bridgehead atoms. The molecule has 0 saturated carbocycles. The summed E-state index contributed by atoms with van der Waals surface area (Å²) < 4.78 is 5.93. The fourth-order valence-corrected chi connectivity index (χ4v) is 2.95. The van der Waals surface area contributed by atoms with Crippen LogP contribution in [0.5, 0.6) is 0 Å². The van der Waals surface area contributed by atoms with Gasteiger partial charge in [0.2, 0.25) is 0 Å². The number of hydrogen-bond acceptors (Lipinski definition) is 5. The van der Waals surface area contributed by atoms with Crippen molar-refractivity contribution in [3.63, 3.8) is 0 Å². The zero-order valence-corrected chi connectivity index (χ0v) is 12.2. The predicted octanol–water partition coefficient (Wildman–Crippen LogP) is 2.42. The van der Waals surface area contributed by atoms with E-state index in [1.807, 2.05) is 18.7 Å². The molecule has 0 aliphatic carbocycles. The van der Waals surface area contributed by atoms with E-state index >= 15 is 0 Å². The van der Waals surface area contributed by atoms with Crippen LogP contribution >= 0.6 is 23.1 Å². The summed E-state index contributed by atoms with van der Waals surface area (Å²) in [6, 6.07) is -0.00782. The fraction of sp³-hybridized carbons (Fsp3) is 0.545. The van der Waals surface area contributed by atoms with Gasteiger partial charge in [-0.1, -0.05) is 23.0 Å². The highest BCUT2D eigenvalue weighted by Crippen LogP contribution is 2.31. The van der Waals surface area contributed by atoms with Crippen molar-refractivity contribution >= 4 is 23.1 Å². The Morgan fingerprint density at radius 2 is 2.33 bits per heavy atom. The summed E-state index contributed by atoms with van der Waals surface area (Å²) in [5, 5.41) is 12.3. The lowest BCUT2D eigenvalue weighted by atomic mass is 10.1. The number of hydrogen-bond donors (Lipinski definition) is 1. The van der Waals surface area contributed by atoms with Crippen molar-refractivity contribution in [3.8, 4) is 0 Å². The maximum Gasteiger partial charge on any atom is 0.0889 e. The minimum Gasteiger partial charge on any atom is -0.307 e. The zero-order chi connectivity index (χ0) is 13.1. The van der Waals surface area contributed by atoms with Crippen LogP contribution in [-0.4, -0.2) is 26.4 Å². The second kappa shape index (κ2) is 5.77. The number of halogens is 1. The van der Waals surface area contributed by atoms with Crippen molar-refractivity contribution in [1.29, 1.82) is 0 Å². The molecule has 0 amide bonds. The monoisotopic (exact) mass is 285 g/mol. The zero-order valence-electron chi connectivity index (χ0n) is 10.6. The average Bonchev–Trinajstić information content (AvgIpc) is 2.91. The van der Waals surface area contributed by atoms with E-state index < -0.39 is 0 Å². The van der Waals surface area contributed by atoms with Gasteiger partial charge in [-0.05, 0) is 31.9 Å². The van der Waals surface area contributed by atoms with E-state index in [9.17, 15) is 0 Å². The third-order valence-electron chi connectivity index (χ3n) is 2.78. The standard InChI is InChI=1S/C11H16ClN5S/c1-4-5-17-10(8(12)6-14-17)9(13-3)11-7(2)15-16-18-11/h6,9,13H,4-5H2,1-3H3. The van der Waals surface area contributed by atoms with E-state index in [0.29, 0.717) is 5.02 Å². The Bertz CT molecular complexity index is 521. The summed E-state index contributed by atoms with van der Waals surface area (Å²) in [4.78, 5) is 1.08. The average molecular weight is 286 g/mol. The van der Waals surface area contributed by atoms with Crippen LogP contribution in [0.3, 0.4) is 0 Å². The first kappa shape index (κ1) is 13.5. The van der Waals surface area contributed by atoms with Crippen LogP contribution in [0.15, 0.2) is 6.20 Å². The Labute approximate surface area is 115 Å². The minimum atomic E-state index is -0.00782. The summed E-state index contributed by atoms with van der Waals surface area (Å²) in [6.45, 7) is 4.93. The van der Waals surface area contributed by atoms with Crippen molar-refractivity contribution in [2.24, 2.45) is 0 Å². The molecule has 0 radical (unpaired) electrons. The van der Waals surface area contributed by atoms with Crippen LogP contribution < -0.4 is 5.32 Å². The molecule has 0 aromatic carbocycles. The van der Waals surface area contributed by atoms with E-state index in [2.05, 4.69) is 26.9 Å². The van der Waals surface area contributed by atoms with E-state index in [-0.39, 0.29) is 6.04 Å². The Morgan fingerprint density at radius 3 is 2.89 bits per heavy atom. The third-order valence-corrected chi connectivity index (χ3v) is 3.96. The number of aromatic nitrogens is 4. The molecule has 1 atom stereocenters. The van der Waals surface area contributed by atoms with Crippen molar-refractivity contribution in [2.45, 2.75) is 32.9 Å². The van der Waals surface area contributed by atoms with E-state index in [1.54, 1.807) is 6.20 Å². The van der Waals surface area contributed by atoms with Crippen molar-refractivity contribution in [3.05, 3.63) is 27.5 Å². The highest BCUT2D eigenvalue weighted by Gasteiger charge is 2.24. The SMILES string of the molecule is CCCn1ncc(Cl)c1C(NC)c1snnc1C. The summed E-state index contributed by atoms with van der Waals surface area (Å²) >= 11 is 7.66. The number of rotatable bonds is 5. The Balaban J connectivity index is 2.45. The molecule has 7 heteroatoms. The van der Waals surface area contributed by atoms with Gasteiger partial charge in [0, 0.05) is 6.54 Å². The molecule has 0 fully saturated rings. The van der Waals surface area contributed by atoms with Crippen molar-refractivity contribution in [2.75, 3.05) is 7.05 Å².